The summed E-state index contributed by atoms with van der Waals surface area (Å²) in [4.78, 5) is -0.828. The predicted molar refractivity (Wildman–Crippen MR) is 123 cm³/mol. The number of hydrogen-bond acceptors (Lipinski definition) is 12. The van der Waals surface area contributed by atoms with E-state index in [1.54, 1.807) is 18.2 Å². The quantitative estimate of drug-likeness (QED) is 0.287. The van der Waals surface area contributed by atoms with Crippen LogP contribution in [0.4, 0.5) is 0 Å². The third-order valence-electron chi connectivity index (χ3n) is 3.99. The fourth-order valence-electron chi connectivity index (χ4n) is 2.27. The van der Waals surface area contributed by atoms with Crippen molar-refractivity contribution in [2.75, 3.05) is 21.3 Å². The van der Waals surface area contributed by atoms with Crippen LogP contribution in [0.1, 0.15) is 0 Å². The average Bonchev–Trinajstić information content (AvgIpc) is 2.83. The molecular weight excluding hydrogens is 596 g/mol. The topological polar surface area (TPSA) is 199 Å². The van der Waals surface area contributed by atoms with E-state index in [-0.39, 0.29) is 31.8 Å². The van der Waals surface area contributed by atoms with Gasteiger partial charge in [-0.1, -0.05) is 18.2 Å². The Balaban J connectivity index is 0.000000518. The Bertz CT molecular complexity index is 1290. The minimum absolute atomic E-state index is 0. The number of rotatable bonds is 6. The Morgan fingerprint density at radius 1 is 0.486 bits per heavy atom. The molecule has 0 amide bonds. The Morgan fingerprint density at radius 2 is 0.703 bits per heavy atom. The van der Waals surface area contributed by atoms with E-state index in [4.69, 9.17) is 14.2 Å². The van der Waals surface area contributed by atoms with Crippen molar-refractivity contribution < 1.29 is 70.2 Å². The van der Waals surface area contributed by atoms with E-state index in [1.165, 1.54) is 75.9 Å². The van der Waals surface area contributed by atoms with Crippen LogP contribution in [-0.2, 0) is 47.4 Å². The molecule has 0 aliphatic carbocycles. The Hall–Kier alpha value is -2.69. The van der Waals surface area contributed by atoms with Crippen LogP contribution in [0.15, 0.2) is 87.5 Å². The SMILES string of the molecule is COc1cccc(S(=O)(=O)[O-])c1.COc1cccc(S(=O)(=O)[O-])c1.COc1cccc(S(=O)(=O)[O-])c1.[Fe+3]. The molecule has 3 aromatic carbocycles. The molecule has 37 heavy (non-hydrogen) atoms. The summed E-state index contributed by atoms with van der Waals surface area (Å²) in [6.45, 7) is 0. The minimum atomic E-state index is -4.37. The molecule has 3 rings (SSSR count). The molecule has 12 nitrogen and oxygen atoms in total. The monoisotopic (exact) mass is 617 g/mol. The molecule has 0 aliphatic heterocycles. The van der Waals surface area contributed by atoms with Crippen LogP contribution >= 0.6 is 0 Å². The van der Waals surface area contributed by atoms with Gasteiger partial charge >= 0.3 is 17.1 Å². The molecule has 0 fully saturated rings. The van der Waals surface area contributed by atoms with Crippen LogP contribution in [0.2, 0.25) is 0 Å². The van der Waals surface area contributed by atoms with Crippen LogP contribution in [0.25, 0.3) is 0 Å². The molecular formula is C21H21FeO12S3. The van der Waals surface area contributed by atoms with Crippen molar-refractivity contribution in [2.45, 2.75) is 14.7 Å². The molecule has 0 aliphatic rings. The van der Waals surface area contributed by atoms with Gasteiger partial charge in [-0.2, -0.15) is 0 Å². The van der Waals surface area contributed by atoms with Gasteiger partial charge in [0.2, 0.25) is 0 Å². The van der Waals surface area contributed by atoms with Crippen molar-refractivity contribution in [3.8, 4) is 17.2 Å². The van der Waals surface area contributed by atoms with Crippen LogP contribution < -0.4 is 14.2 Å². The molecule has 1 radical (unpaired) electrons. The second-order valence-corrected chi connectivity index (χ2v) is 10.5. The third-order valence-corrected chi connectivity index (χ3v) is 6.48. The summed E-state index contributed by atoms with van der Waals surface area (Å²) in [6, 6.07) is 16.3. The molecule has 0 saturated heterocycles. The standard InChI is InChI=1S/3C7H8O4S.Fe/c3*1-11-6-3-2-4-7(5-6)12(8,9)10;/h3*2-5H,1H3,(H,8,9,10);/q;;;+3/p-3. The summed E-state index contributed by atoms with van der Waals surface area (Å²) in [5.41, 5.74) is 0. The third kappa shape index (κ3) is 12.4. The fourth-order valence-corrected chi connectivity index (χ4v) is 3.79. The van der Waals surface area contributed by atoms with Crippen molar-refractivity contribution in [1.29, 1.82) is 0 Å². The summed E-state index contributed by atoms with van der Waals surface area (Å²) in [5.74, 6) is 1.06. The normalized spacial score (nSPS) is 10.9. The van der Waals surface area contributed by atoms with Gasteiger partial charge in [0.05, 0.1) is 36.0 Å². The number of hydrogen-bond donors (Lipinski definition) is 0. The van der Waals surface area contributed by atoms with E-state index in [0.717, 1.165) is 0 Å². The summed E-state index contributed by atoms with van der Waals surface area (Å²) in [5, 5.41) is 0. The first-order valence-electron chi connectivity index (χ1n) is 9.41. The number of benzene rings is 3. The van der Waals surface area contributed by atoms with Crippen molar-refractivity contribution in [3.63, 3.8) is 0 Å². The average molecular weight is 617 g/mol. The molecule has 0 aromatic heterocycles. The first-order chi connectivity index (χ1) is 16.6. The molecule has 0 spiro atoms. The van der Waals surface area contributed by atoms with Gasteiger partial charge in [-0.3, -0.25) is 0 Å². The Labute approximate surface area is 225 Å². The molecule has 0 atom stereocenters. The van der Waals surface area contributed by atoms with E-state index >= 15 is 0 Å². The Kier molecular flexibility index (Phi) is 13.8. The summed E-state index contributed by atoms with van der Waals surface area (Å²) < 4.78 is 109. The first kappa shape index (κ1) is 34.3. The predicted octanol–water partition coefficient (Wildman–Crippen LogP) is 1.80. The summed E-state index contributed by atoms with van der Waals surface area (Å²) in [7, 11) is -8.90. The minimum Gasteiger partial charge on any atom is -0.744 e. The molecule has 16 heteroatoms. The maximum atomic E-state index is 10.5. The van der Waals surface area contributed by atoms with Crippen molar-refractivity contribution in [3.05, 3.63) is 72.8 Å². The fraction of sp³-hybridized carbons (Fsp3) is 0.143. The van der Waals surface area contributed by atoms with Crippen LogP contribution in [0.5, 0.6) is 17.2 Å². The largest absolute Gasteiger partial charge is 3.00 e. The Morgan fingerprint density at radius 3 is 0.865 bits per heavy atom. The first-order valence-corrected chi connectivity index (χ1v) is 13.6. The smallest absolute Gasteiger partial charge is 0.744 e. The van der Waals surface area contributed by atoms with Crippen LogP contribution in [-0.4, -0.2) is 60.2 Å². The van der Waals surface area contributed by atoms with Gasteiger partial charge in [0.25, 0.3) is 0 Å². The van der Waals surface area contributed by atoms with Crippen molar-refractivity contribution in [1.82, 2.24) is 0 Å². The van der Waals surface area contributed by atoms with E-state index in [2.05, 4.69) is 0 Å². The second kappa shape index (κ2) is 14.9. The molecule has 0 unspecified atom stereocenters. The molecule has 0 saturated carbocycles. The number of ether oxygens (including phenoxy) is 3. The zero-order chi connectivity index (χ0) is 27.6. The summed E-state index contributed by atoms with van der Waals surface area (Å²) >= 11 is 0. The second-order valence-electron chi connectivity index (χ2n) is 6.40. The number of methoxy groups -OCH3 is 3. The van der Waals surface area contributed by atoms with Gasteiger partial charge in [0, 0.05) is 0 Å². The van der Waals surface area contributed by atoms with E-state index in [9.17, 15) is 38.9 Å². The van der Waals surface area contributed by atoms with E-state index in [1.807, 2.05) is 0 Å². The zero-order valence-electron chi connectivity index (χ0n) is 19.4. The molecule has 0 bridgehead atoms. The van der Waals surface area contributed by atoms with Crippen LogP contribution in [0, 0.1) is 0 Å². The van der Waals surface area contributed by atoms with Crippen LogP contribution in [0.3, 0.4) is 0 Å². The van der Waals surface area contributed by atoms with Crippen molar-refractivity contribution >= 4 is 30.4 Å². The molecule has 3 aromatic rings. The van der Waals surface area contributed by atoms with E-state index < -0.39 is 30.4 Å². The van der Waals surface area contributed by atoms with Gasteiger partial charge in [-0.15, -0.1) is 0 Å². The maximum absolute atomic E-state index is 10.5. The van der Waals surface area contributed by atoms with E-state index in [0.29, 0.717) is 17.2 Å². The maximum Gasteiger partial charge on any atom is 3.00 e. The summed E-state index contributed by atoms with van der Waals surface area (Å²) in [6.07, 6.45) is 0. The van der Waals surface area contributed by atoms with Gasteiger partial charge in [-0.05, 0) is 54.6 Å². The van der Waals surface area contributed by atoms with Crippen molar-refractivity contribution in [2.24, 2.45) is 0 Å². The van der Waals surface area contributed by atoms with Gasteiger partial charge in [-0.25, -0.2) is 25.3 Å². The van der Waals surface area contributed by atoms with Gasteiger partial charge < -0.3 is 27.9 Å². The molecule has 0 N–H and O–H groups in total. The zero-order valence-corrected chi connectivity index (χ0v) is 23.0. The molecule has 0 heterocycles. The van der Waals surface area contributed by atoms with Gasteiger partial charge in [0.15, 0.2) is 0 Å². The van der Waals surface area contributed by atoms with Gasteiger partial charge in [0.1, 0.15) is 47.6 Å². The molecule has 203 valence electrons.